The highest BCUT2D eigenvalue weighted by Gasteiger charge is 2.18. The number of hydrogen-bond donors (Lipinski definition) is 0. The number of halogens is 3. The normalized spacial score (nSPS) is 10.8. The van der Waals surface area contributed by atoms with Gasteiger partial charge in [0.25, 0.3) is 0 Å². The molecule has 21 heavy (non-hydrogen) atoms. The van der Waals surface area contributed by atoms with Gasteiger partial charge in [0.1, 0.15) is 0 Å². The lowest BCUT2D eigenvalue weighted by Gasteiger charge is -2.06. The van der Waals surface area contributed by atoms with Crippen molar-refractivity contribution >= 4 is 32.6 Å². The van der Waals surface area contributed by atoms with E-state index in [1.165, 1.54) is 6.07 Å². The number of carbonyl (C=O) groups excluding carboxylic acids is 1. The number of nitrogens with zero attached hydrogens (tertiary/aromatic N) is 1. The van der Waals surface area contributed by atoms with Gasteiger partial charge in [0.2, 0.25) is 0 Å². The molecule has 1 heterocycles. The maximum absolute atomic E-state index is 13.5. The zero-order chi connectivity index (χ0) is 15.0. The highest BCUT2D eigenvalue weighted by atomic mass is 79.9. The molecule has 0 saturated heterocycles. The molecule has 0 fully saturated rings. The average molecular weight is 348 g/mol. The summed E-state index contributed by atoms with van der Waals surface area (Å²) in [6.45, 7) is 0. The van der Waals surface area contributed by atoms with E-state index in [9.17, 15) is 13.6 Å². The van der Waals surface area contributed by atoms with Crippen LogP contribution in [0.1, 0.15) is 15.9 Å². The van der Waals surface area contributed by atoms with Crippen LogP contribution in [0, 0.1) is 11.6 Å². The van der Waals surface area contributed by atoms with E-state index in [1.54, 1.807) is 30.5 Å². The second kappa shape index (κ2) is 5.33. The number of pyridine rings is 1. The molecule has 0 N–H and O–H groups in total. The molecule has 104 valence electrons. The summed E-state index contributed by atoms with van der Waals surface area (Å²) in [5, 5.41) is 0.807. The molecule has 0 atom stereocenters. The Kier molecular flexibility index (Phi) is 3.51. The standard InChI is InChI=1S/C16H8BrF2NO/c17-14-11(4-5-12(18)15(14)19)16(21)10-3-6-13-9(8-10)2-1-7-20-13/h1-8H. The Morgan fingerprint density at radius 2 is 1.90 bits per heavy atom. The Balaban J connectivity index is 2.10. The van der Waals surface area contributed by atoms with Crippen molar-refractivity contribution in [3.05, 3.63) is 75.9 Å². The zero-order valence-electron chi connectivity index (χ0n) is 10.6. The van der Waals surface area contributed by atoms with Crippen molar-refractivity contribution < 1.29 is 13.6 Å². The highest BCUT2D eigenvalue weighted by Crippen LogP contribution is 2.26. The Bertz CT molecular complexity index is 864. The molecule has 0 amide bonds. The second-order valence-electron chi connectivity index (χ2n) is 4.46. The van der Waals surface area contributed by atoms with Gasteiger partial charge in [0.15, 0.2) is 17.4 Å². The first kappa shape index (κ1) is 13.8. The Morgan fingerprint density at radius 3 is 2.71 bits per heavy atom. The van der Waals surface area contributed by atoms with Gasteiger partial charge < -0.3 is 0 Å². The first-order chi connectivity index (χ1) is 10.1. The first-order valence-corrected chi connectivity index (χ1v) is 6.90. The van der Waals surface area contributed by atoms with Crippen molar-refractivity contribution in [2.75, 3.05) is 0 Å². The Hall–Kier alpha value is -2.14. The van der Waals surface area contributed by atoms with Crippen molar-refractivity contribution in [2.24, 2.45) is 0 Å². The minimum Gasteiger partial charge on any atom is -0.289 e. The Morgan fingerprint density at radius 1 is 1.10 bits per heavy atom. The van der Waals surface area contributed by atoms with Crippen molar-refractivity contribution in [1.29, 1.82) is 0 Å². The smallest absolute Gasteiger partial charge is 0.194 e. The number of hydrogen-bond acceptors (Lipinski definition) is 2. The Labute approximate surface area is 127 Å². The van der Waals surface area contributed by atoms with Gasteiger partial charge in [-0.2, -0.15) is 0 Å². The second-order valence-corrected chi connectivity index (χ2v) is 5.26. The summed E-state index contributed by atoms with van der Waals surface area (Å²) in [4.78, 5) is 16.6. The zero-order valence-corrected chi connectivity index (χ0v) is 12.2. The van der Waals surface area contributed by atoms with E-state index >= 15 is 0 Å². The van der Waals surface area contributed by atoms with Crippen LogP contribution < -0.4 is 0 Å². The van der Waals surface area contributed by atoms with Gasteiger partial charge in [-0.05, 0) is 52.3 Å². The van der Waals surface area contributed by atoms with Crippen LogP contribution in [0.25, 0.3) is 10.9 Å². The largest absolute Gasteiger partial charge is 0.289 e. The number of benzene rings is 2. The highest BCUT2D eigenvalue weighted by molar-refractivity contribution is 9.10. The number of aromatic nitrogens is 1. The fourth-order valence-corrected chi connectivity index (χ4v) is 2.58. The van der Waals surface area contributed by atoms with Crippen molar-refractivity contribution in [1.82, 2.24) is 4.98 Å². The third-order valence-electron chi connectivity index (χ3n) is 3.15. The van der Waals surface area contributed by atoms with Gasteiger partial charge in [-0.15, -0.1) is 0 Å². The topological polar surface area (TPSA) is 30.0 Å². The van der Waals surface area contributed by atoms with Crippen LogP contribution >= 0.6 is 15.9 Å². The predicted molar refractivity (Wildman–Crippen MR) is 79.2 cm³/mol. The van der Waals surface area contributed by atoms with Crippen LogP contribution in [-0.2, 0) is 0 Å². The fraction of sp³-hybridized carbons (Fsp3) is 0. The van der Waals surface area contributed by atoms with Gasteiger partial charge in [-0.3, -0.25) is 9.78 Å². The predicted octanol–water partition coefficient (Wildman–Crippen LogP) is 4.51. The molecular weight excluding hydrogens is 340 g/mol. The lowest BCUT2D eigenvalue weighted by Crippen LogP contribution is -2.04. The summed E-state index contributed by atoms with van der Waals surface area (Å²) in [5.41, 5.74) is 1.23. The molecule has 3 rings (SSSR count). The molecule has 1 aromatic heterocycles. The van der Waals surface area contributed by atoms with Crippen LogP contribution in [0.5, 0.6) is 0 Å². The monoisotopic (exact) mass is 347 g/mol. The molecule has 0 unspecified atom stereocenters. The quantitative estimate of drug-likeness (QED) is 0.504. The summed E-state index contributed by atoms with van der Waals surface area (Å²) in [7, 11) is 0. The number of fused-ring (bicyclic) bond motifs is 1. The van der Waals surface area contributed by atoms with Gasteiger partial charge in [-0.25, -0.2) is 8.78 Å². The van der Waals surface area contributed by atoms with E-state index in [-0.39, 0.29) is 15.8 Å². The van der Waals surface area contributed by atoms with Gasteiger partial charge in [0, 0.05) is 22.7 Å². The molecule has 0 bridgehead atoms. The molecule has 0 saturated carbocycles. The lowest BCUT2D eigenvalue weighted by atomic mass is 10.0. The van der Waals surface area contributed by atoms with E-state index in [1.807, 2.05) is 6.07 Å². The van der Waals surface area contributed by atoms with E-state index in [2.05, 4.69) is 20.9 Å². The van der Waals surface area contributed by atoms with Crippen LogP contribution in [0.15, 0.2) is 53.1 Å². The van der Waals surface area contributed by atoms with Gasteiger partial charge >= 0.3 is 0 Å². The maximum atomic E-state index is 13.5. The molecule has 0 aliphatic rings. The molecule has 5 heteroatoms. The van der Waals surface area contributed by atoms with Crippen LogP contribution in [-0.4, -0.2) is 10.8 Å². The third-order valence-corrected chi connectivity index (χ3v) is 3.92. The van der Waals surface area contributed by atoms with Crippen molar-refractivity contribution in [3.8, 4) is 0 Å². The molecule has 3 aromatic rings. The summed E-state index contributed by atoms with van der Waals surface area (Å²) >= 11 is 2.93. The van der Waals surface area contributed by atoms with Crippen molar-refractivity contribution in [2.45, 2.75) is 0 Å². The van der Waals surface area contributed by atoms with E-state index < -0.39 is 11.6 Å². The van der Waals surface area contributed by atoms with Gasteiger partial charge in [0.05, 0.1) is 9.99 Å². The number of carbonyl (C=O) groups is 1. The molecule has 0 radical (unpaired) electrons. The van der Waals surface area contributed by atoms with Crippen LogP contribution in [0.2, 0.25) is 0 Å². The van der Waals surface area contributed by atoms with Gasteiger partial charge in [-0.1, -0.05) is 6.07 Å². The molecule has 0 spiro atoms. The average Bonchev–Trinajstić information content (AvgIpc) is 2.52. The fourth-order valence-electron chi connectivity index (χ4n) is 2.07. The van der Waals surface area contributed by atoms with Crippen molar-refractivity contribution in [3.63, 3.8) is 0 Å². The van der Waals surface area contributed by atoms with Crippen LogP contribution in [0.3, 0.4) is 0 Å². The minimum absolute atomic E-state index is 0.0807. The van der Waals surface area contributed by atoms with E-state index in [0.29, 0.717) is 5.56 Å². The van der Waals surface area contributed by atoms with E-state index in [0.717, 1.165) is 17.0 Å². The molecule has 0 aliphatic heterocycles. The summed E-state index contributed by atoms with van der Waals surface area (Å²) in [5.74, 6) is -2.45. The number of ketones is 1. The molecule has 2 aromatic carbocycles. The first-order valence-electron chi connectivity index (χ1n) is 6.11. The molecular formula is C16H8BrF2NO. The molecule has 2 nitrogen and oxygen atoms in total. The summed E-state index contributed by atoms with van der Waals surface area (Å²) < 4.78 is 26.5. The SMILES string of the molecule is O=C(c1ccc2ncccc2c1)c1ccc(F)c(F)c1Br. The number of rotatable bonds is 2. The van der Waals surface area contributed by atoms with Crippen LogP contribution in [0.4, 0.5) is 8.78 Å². The minimum atomic E-state index is -1.07. The third kappa shape index (κ3) is 2.45. The summed E-state index contributed by atoms with van der Waals surface area (Å²) in [6, 6.07) is 10.8. The molecule has 0 aliphatic carbocycles. The summed E-state index contributed by atoms with van der Waals surface area (Å²) in [6.07, 6.45) is 1.66. The van der Waals surface area contributed by atoms with E-state index in [4.69, 9.17) is 0 Å². The maximum Gasteiger partial charge on any atom is 0.194 e. The lowest BCUT2D eigenvalue weighted by molar-refractivity contribution is 0.103.